The number of hydrogen-bond donors (Lipinski definition) is 1. The highest BCUT2D eigenvalue weighted by atomic mass is 32.2. The van der Waals surface area contributed by atoms with Gasteiger partial charge in [-0.3, -0.25) is 9.40 Å². The van der Waals surface area contributed by atoms with Crippen LogP contribution in [0.4, 0.5) is 5.69 Å². The molecule has 3 rings (SSSR count). The van der Waals surface area contributed by atoms with Crippen molar-refractivity contribution in [3.63, 3.8) is 0 Å². The molecule has 3 aromatic rings. The van der Waals surface area contributed by atoms with E-state index in [1.54, 1.807) is 16.9 Å². The quantitative estimate of drug-likeness (QED) is 0.715. The second-order valence-electron chi connectivity index (χ2n) is 6.92. The van der Waals surface area contributed by atoms with Crippen LogP contribution in [0, 0.1) is 34.6 Å². The third kappa shape index (κ3) is 3.62. The molecule has 1 heterocycles. The molecule has 1 N–H and O–H groups in total. The van der Waals surface area contributed by atoms with Gasteiger partial charge >= 0.3 is 0 Å². The monoisotopic (exact) mass is 383 g/mol. The Labute approximate surface area is 161 Å². The first-order valence-corrected chi connectivity index (χ1v) is 10.4. The molecule has 0 radical (unpaired) electrons. The fourth-order valence-corrected chi connectivity index (χ4v) is 5.09. The smallest absolute Gasteiger partial charge is 0.262 e. The van der Waals surface area contributed by atoms with Crippen molar-refractivity contribution in [2.75, 3.05) is 4.72 Å². The van der Waals surface area contributed by atoms with Gasteiger partial charge in [-0.1, -0.05) is 18.2 Å². The predicted molar refractivity (Wildman–Crippen MR) is 109 cm³/mol. The first-order chi connectivity index (χ1) is 12.7. The van der Waals surface area contributed by atoms with Gasteiger partial charge in [0, 0.05) is 12.4 Å². The molecule has 27 heavy (non-hydrogen) atoms. The van der Waals surface area contributed by atoms with Crippen molar-refractivity contribution in [3.8, 4) is 0 Å². The molecule has 0 amide bonds. The Kier molecular flexibility index (Phi) is 5.11. The van der Waals surface area contributed by atoms with E-state index >= 15 is 0 Å². The second kappa shape index (κ2) is 7.19. The van der Waals surface area contributed by atoms with E-state index in [4.69, 9.17) is 0 Å². The van der Waals surface area contributed by atoms with Crippen LogP contribution in [-0.4, -0.2) is 18.2 Å². The van der Waals surface area contributed by atoms with Gasteiger partial charge in [-0.15, -0.1) is 0 Å². The summed E-state index contributed by atoms with van der Waals surface area (Å²) < 4.78 is 31.1. The first-order valence-electron chi connectivity index (χ1n) is 8.87. The highest BCUT2D eigenvalue weighted by Gasteiger charge is 2.24. The van der Waals surface area contributed by atoms with Gasteiger partial charge < -0.3 is 0 Å². The van der Waals surface area contributed by atoms with Gasteiger partial charge in [0.05, 0.1) is 17.1 Å². The van der Waals surface area contributed by atoms with E-state index in [1.165, 1.54) is 0 Å². The molecule has 2 aromatic carbocycles. The normalized spacial score (nSPS) is 11.6. The summed E-state index contributed by atoms with van der Waals surface area (Å²) in [5.41, 5.74) is 6.21. The summed E-state index contributed by atoms with van der Waals surface area (Å²) in [5, 5.41) is 4.21. The maximum atomic E-state index is 13.3. The van der Waals surface area contributed by atoms with Crippen LogP contribution in [0.15, 0.2) is 47.6 Å². The van der Waals surface area contributed by atoms with Crippen molar-refractivity contribution in [2.24, 2.45) is 0 Å². The largest absolute Gasteiger partial charge is 0.279 e. The van der Waals surface area contributed by atoms with Crippen molar-refractivity contribution in [3.05, 3.63) is 76.1 Å². The Morgan fingerprint density at radius 3 is 2.07 bits per heavy atom. The average Bonchev–Trinajstić information content (AvgIpc) is 3.13. The summed E-state index contributed by atoms with van der Waals surface area (Å²) in [5.74, 6) is 0. The molecule has 0 aliphatic heterocycles. The number of hydrogen-bond acceptors (Lipinski definition) is 3. The lowest BCUT2D eigenvalue weighted by Gasteiger charge is -2.20. The van der Waals surface area contributed by atoms with Gasteiger partial charge in [0.25, 0.3) is 10.0 Å². The zero-order valence-electron chi connectivity index (χ0n) is 16.4. The van der Waals surface area contributed by atoms with Crippen LogP contribution in [0.3, 0.4) is 0 Å². The number of nitrogens with one attached hydrogen (secondary N) is 1. The molecule has 0 saturated heterocycles. The highest BCUT2D eigenvalue weighted by Crippen LogP contribution is 2.31. The van der Waals surface area contributed by atoms with Gasteiger partial charge in [-0.05, 0) is 80.1 Å². The molecule has 1 aromatic heterocycles. The molecule has 0 fully saturated rings. The number of aromatic nitrogens is 2. The van der Waals surface area contributed by atoms with Gasteiger partial charge in [-0.25, -0.2) is 8.42 Å². The Balaban J connectivity index is 2.05. The van der Waals surface area contributed by atoms with Crippen LogP contribution in [0.5, 0.6) is 0 Å². The third-order valence-electron chi connectivity index (χ3n) is 5.35. The van der Waals surface area contributed by atoms with Crippen molar-refractivity contribution < 1.29 is 8.42 Å². The molecule has 0 atom stereocenters. The van der Waals surface area contributed by atoms with Crippen molar-refractivity contribution in [2.45, 2.75) is 46.1 Å². The fourth-order valence-electron chi connectivity index (χ4n) is 3.39. The maximum Gasteiger partial charge on any atom is 0.262 e. The van der Waals surface area contributed by atoms with Gasteiger partial charge in [0.15, 0.2) is 0 Å². The zero-order valence-corrected chi connectivity index (χ0v) is 17.2. The predicted octanol–water partition coefficient (Wildman–Crippen LogP) is 4.27. The highest BCUT2D eigenvalue weighted by molar-refractivity contribution is 7.92. The van der Waals surface area contributed by atoms with Crippen LogP contribution in [-0.2, 0) is 16.6 Å². The van der Waals surface area contributed by atoms with Crippen LogP contribution in [0.1, 0.15) is 33.4 Å². The zero-order chi connectivity index (χ0) is 19.8. The van der Waals surface area contributed by atoms with E-state index in [0.717, 1.165) is 33.4 Å². The lowest BCUT2D eigenvalue weighted by Crippen LogP contribution is -2.19. The number of rotatable bonds is 5. The van der Waals surface area contributed by atoms with E-state index in [1.807, 2.05) is 65.1 Å². The van der Waals surface area contributed by atoms with Crippen LogP contribution >= 0.6 is 0 Å². The number of para-hydroxylation sites is 1. The van der Waals surface area contributed by atoms with Gasteiger partial charge in [0.1, 0.15) is 0 Å². The van der Waals surface area contributed by atoms with E-state index < -0.39 is 10.0 Å². The minimum atomic E-state index is -3.72. The Bertz CT molecular complexity index is 1060. The van der Waals surface area contributed by atoms with Crippen LogP contribution < -0.4 is 4.72 Å². The second-order valence-corrected chi connectivity index (χ2v) is 8.54. The summed E-state index contributed by atoms with van der Waals surface area (Å²) >= 11 is 0. The van der Waals surface area contributed by atoms with Crippen molar-refractivity contribution in [1.82, 2.24) is 9.78 Å². The van der Waals surface area contributed by atoms with Crippen LogP contribution in [0.25, 0.3) is 0 Å². The number of nitrogens with zero attached hydrogens (tertiary/aromatic N) is 2. The summed E-state index contributed by atoms with van der Waals surface area (Å²) in [4.78, 5) is 0.372. The molecule has 0 bridgehead atoms. The Hall–Kier alpha value is -2.60. The van der Waals surface area contributed by atoms with Crippen LogP contribution in [0.2, 0.25) is 0 Å². The van der Waals surface area contributed by atoms with E-state index in [2.05, 4.69) is 9.82 Å². The minimum Gasteiger partial charge on any atom is -0.279 e. The lowest BCUT2D eigenvalue weighted by molar-refractivity contribution is 0.599. The van der Waals surface area contributed by atoms with E-state index in [9.17, 15) is 8.42 Å². The molecule has 0 spiro atoms. The lowest BCUT2D eigenvalue weighted by atomic mass is 9.95. The number of anilines is 1. The van der Waals surface area contributed by atoms with Crippen molar-refractivity contribution in [1.29, 1.82) is 0 Å². The molecule has 0 aliphatic carbocycles. The molecule has 0 saturated carbocycles. The minimum absolute atomic E-state index is 0.372. The SMILES string of the molecule is Cc1c(C)c(C)c(S(=O)(=O)Nc2ccccc2Cn2cccn2)c(C)c1C. The summed E-state index contributed by atoms with van der Waals surface area (Å²) in [6.07, 6.45) is 3.56. The third-order valence-corrected chi connectivity index (χ3v) is 6.99. The van der Waals surface area contributed by atoms with E-state index in [0.29, 0.717) is 17.1 Å². The topological polar surface area (TPSA) is 64.0 Å². The Morgan fingerprint density at radius 1 is 0.889 bits per heavy atom. The number of sulfonamides is 1. The van der Waals surface area contributed by atoms with E-state index in [-0.39, 0.29) is 0 Å². The molecule has 142 valence electrons. The molecule has 6 heteroatoms. The fraction of sp³-hybridized carbons (Fsp3) is 0.286. The maximum absolute atomic E-state index is 13.3. The van der Waals surface area contributed by atoms with Gasteiger partial charge in [0.2, 0.25) is 0 Å². The summed E-state index contributed by atoms with van der Waals surface area (Å²) in [6.45, 7) is 10.2. The molecule has 0 aliphatic rings. The standard InChI is InChI=1S/C21H25N3O2S/c1-14-15(2)17(4)21(18(5)16(14)3)27(25,26)23-20-10-7-6-9-19(20)13-24-12-8-11-22-24/h6-12,23H,13H2,1-5H3. The van der Waals surface area contributed by atoms with Crippen molar-refractivity contribution >= 4 is 15.7 Å². The summed E-state index contributed by atoms with van der Waals surface area (Å²) in [7, 11) is -3.72. The van der Waals surface area contributed by atoms with Gasteiger partial charge in [-0.2, -0.15) is 5.10 Å². The molecule has 5 nitrogen and oxygen atoms in total. The Morgan fingerprint density at radius 2 is 1.48 bits per heavy atom. The average molecular weight is 384 g/mol. The molecular weight excluding hydrogens is 358 g/mol. The number of benzene rings is 2. The molecule has 0 unspecified atom stereocenters. The summed E-state index contributed by atoms with van der Waals surface area (Å²) in [6, 6.07) is 9.26. The molecular formula is C21H25N3O2S. The first kappa shape index (κ1) is 19.2.